The lowest BCUT2D eigenvalue weighted by Crippen LogP contribution is -2.34. The molecule has 132 valence electrons. The summed E-state index contributed by atoms with van der Waals surface area (Å²) in [5.41, 5.74) is 1.74. The molecule has 4 nitrogen and oxygen atoms in total. The predicted octanol–water partition coefficient (Wildman–Crippen LogP) is 3.08. The van der Waals surface area contributed by atoms with E-state index in [1.165, 1.54) is 0 Å². The lowest BCUT2D eigenvalue weighted by Gasteiger charge is -2.34. The SMILES string of the molecule is C=C1C[C@@H](O)/C=C(/C)CC[C@@H]2/C(=C\C=C\C(C)(C)O)C(=O)OC[C@@H]12. The largest absolute Gasteiger partial charge is 0.462 e. The van der Waals surface area contributed by atoms with E-state index in [9.17, 15) is 15.0 Å². The first-order valence-corrected chi connectivity index (χ1v) is 8.49. The summed E-state index contributed by atoms with van der Waals surface area (Å²) in [6.07, 6.45) is 8.59. The molecule has 0 spiro atoms. The van der Waals surface area contributed by atoms with Crippen LogP contribution in [0.5, 0.6) is 0 Å². The molecule has 3 atom stereocenters. The molecule has 0 aromatic heterocycles. The van der Waals surface area contributed by atoms with Crippen molar-refractivity contribution in [2.45, 2.75) is 51.7 Å². The number of hydrogen-bond donors (Lipinski definition) is 2. The summed E-state index contributed by atoms with van der Waals surface area (Å²) in [6.45, 7) is 9.82. The van der Waals surface area contributed by atoms with E-state index < -0.39 is 11.7 Å². The van der Waals surface area contributed by atoms with Gasteiger partial charge in [0.15, 0.2) is 0 Å². The van der Waals surface area contributed by atoms with Crippen LogP contribution in [0.3, 0.4) is 0 Å². The van der Waals surface area contributed by atoms with Gasteiger partial charge < -0.3 is 14.9 Å². The molecule has 0 aromatic carbocycles. The van der Waals surface area contributed by atoms with Gasteiger partial charge >= 0.3 is 5.97 Å². The second-order valence-electron chi connectivity index (χ2n) is 7.43. The number of aliphatic hydroxyl groups is 2. The Hall–Kier alpha value is -1.65. The highest BCUT2D eigenvalue weighted by atomic mass is 16.5. The molecule has 2 aliphatic rings. The zero-order valence-corrected chi connectivity index (χ0v) is 14.8. The Bertz CT molecular complexity index is 589. The maximum atomic E-state index is 12.3. The monoisotopic (exact) mass is 332 g/mol. The highest BCUT2D eigenvalue weighted by Gasteiger charge is 2.37. The van der Waals surface area contributed by atoms with Crippen LogP contribution in [-0.2, 0) is 9.53 Å². The molecular formula is C20H28O4. The summed E-state index contributed by atoms with van der Waals surface area (Å²) in [4.78, 5) is 12.3. The van der Waals surface area contributed by atoms with E-state index in [1.54, 1.807) is 32.1 Å². The average molecular weight is 332 g/mol. The molecule has 1 saturated heterocycles. The van der Waals surface area contributed by atoms with Crippen molar-refractivity contribution in [2.75, 3.05) is 6.61 Å². The normalized spacial score (nSPS) is 33.3. The van der Waals surface area contributed by atoms with Crippen molar-refractivity contribution in [2.24, 2.45) is 11.8 Å². The molecule has 2 N–H and O–H groups in total. The van der Waals surface area contributed by atoms with Crippen molar-refractivity contribution in [1.82, 2.24) is 0 Å². The number of carbonyl (C=O) groups excluding carboxylic acids is 1. The molecular weight excluding hydrogens is 304 g/mol. The van der Waals surface area contributed by atoms with Crippen LogP contribution in [0.1, 0.15) is 40.0 Å². The molecule has 0 radical (unpaired) electrons. The minimum absolute atomic E-state index is 0.0263. The Kier molecular flexibility index (Phi) is 5.83. The first-order valence-electron chi connectivity index (χ1n) is 8.49. The third-order valence-electron chi connectivity index (χ3n) is 4.62. The van der Waals surface area contributed by atoms with Crippen molar-refractivity contribution in [3.63, 3.8) is 0 Å². The van der Waals surface area contributed by atoms with Crippen LogP contribution in [0, 0.1) is 11.8 Å². The fourth-order valence-corrected chi connectivity index (χ4v) is 3.34. The van der Waals surface area contributed by atoms with Crippen LogP contribution in [0.25, 0.3) is 0 Å². The number of fused-ring (bicyclic) bond motifs is 1. The molecule has 2 rings (SSSR count). The highest BCUT2D eigenvalue weighted by molar-refractivity contribution is 5.90. The van der Waals surface area contributed by atoms with Crippen LogP contribution in [0.15, 0.2) is 47.6 Å². The Balaban J connectivity index is 2.32. The van der Waals surface area contributed by atoms with Crippen molar-refractivity contribution in [3.05, 3.63) is 47.6 Å². The molecule has 1 aliphatic heterocycles. The number of carbonyl (C=O) groups is 1. The number of cyclic esters (lactones) is 1. The van der Waals surface area contributed by atoms with Crippen LogP contribution < -0.4 is 0 Å². The second-order valence-corrected chi connectivity index (χ2v) is 7.43. The average Bonchev–Trinajstić information content (AvgIpc) is 2.49. The lowest BCUT2D eigenvalue weighted by atomic mass is 9.76. The van der Waals surface area contributed by atoms with E-state index >= 15 is 0 Å². The van der Waals surface area contributed by atoms with Gasteiger partial charge in [-0.2, -0.15) is 0 Å². The van der Waals surface area contributed by atoms with Crippen molar-refractivity contribution in [3.8, 4) is 0 Å². The number of rotatable bonds is 2. The molecule has 1 aliphatic carbocycles. The molecule has 1 fully saturated rings. The summed E-state index contributed by atoms with van der Waals surface area (Å²) in [5, 5.41) is 19.9. The molecule has 1 heterocycles. The summed E-state index contributed by atoms with van der Waals surface area (Å²) >= 11 is 0. The number of hydrogen-bond acceptors (Lipinski definition) is 4. The number of esters is 1. The Morgan fingerprint density at radius 2 is 2.08 bits per heavy atom. The fraction of sp³-hybridized carbons (Fsp3) is 0.550. The minimum Gasteiger partial charge on any atom is -0.462 e. The van der Waals surface area contributed by atoms with Crippen molar-refractivity contribution < 1.29 is 19.7 Å². The van der Waals surface area contributed by atoms with Gasteiger partial charge in [0, 0.05) is 17.4 Å². The second kappa shape index (κ2) is 7.49. The summed E-state index contributed by atoms with van der Waals surface area (Å²) < 4.78 is 5.35. The highest BCUT2D eigenvalue weighted by Crippen LogP contribution is 2.38. The van der Waals surface area contributed by atoms with Crippen LogP contribution in [0.4, 0.5) is 0 Å². The van der Waals surface area contributed by atoms with Gasteiger partial charge in [0.2, 0.25) is 0 Å². The predicted molar refractivity (Wildman–Crippen MR) is 94.2 cm³/mol. The molecule has 0 aromatic rings. The van der Waals surface area contributed by atoms with Crippen LogP contribution >= 0.6 is 0 Å². The fourth-order valence-electron chi connectivity index (χ4n) is 3.34. The molecule has 0 bridgehead atoms. The van der Waals surface area contributed by atoms with E-state index in [2.05, 4.69) is 6.58 Å². The summed E-state index contributed by atoms with van der Waals surface area (Å²) in [7, 11) is 0. The van der Waals surface area contributed by atoms with Crippen LogP contribution in [0.2, 0.25) is 0 Å². The van der Waals surface area contributed by atoms with E-state index in [-0.39, 0.29) is 17.8 Å². The van der Waals surface area contributed by atoms with E-state index in [0.717, 1.165) is 24.0 Å². The van der Waals surface area contributed by atoms with Gasteiger partial charge in [-0.05, 0) is 40.0 Å². The number of aliphatic hydroxyl groups excluding tert-OH is 1. The molecule has 4 heteroatoms. The van der Waals surface area contributed by atoms with Gasteiger partial charge in [-0.1, -0.05) is 42.0 Å². The maximum Gasteiger partial charge on any atom is 0.334 e. The Morgan fingerprint density at radius 1 is 1.38 bits per heavy atom. The zero-order valence-electron chi connectivity index (χ0n) is 14.8. The maximum absolute atomic E-state index is 12.3. The molecule has 24 heavy (non-hydrogen) atoms. The molecule has 0 saturated carbocycles. The Morgan fingerprint density at radius 3 is 2.75 bits per heavy atom. The first kappa shape index (κ1) is 18.7. The van der Waals surface area contributed by atoms with Crippen molar-refractivity contribution >= 4 is 5.97 Å². The third kappa shape index (κ3) is 4.92. The standard InChI is InChI=1S/C20H28O4/c1-13-7-8-16-17(6-5-9-20(3,4)23)19(22)24-12-18(16)14(2)11-15(21)10-13/h5-6,9-10,15-16,18,21,23H,2,7-8,11-12H2,1,3-4H3/b9-5+,13-10-,17-6+/t15-,16+,18-/m0/s1. The first-order chi connectivity index (χ1) is 11.2. The van der Waals surface area contributed by atoms with E-state index in [4.69, 9.17) is 4.74 Å². The lowest BCUT2D eigenvalue weighted by molar-refractivity contribution is -0.144. The van der Waals surface area contributed by atoms with Gasteiger partial charge in [0.1, 0.15) is 0 Å². The number of ether oxygens (including phenoxy) is 1. The van der Waals surface area contributed by atoms with E-state index in [1.807, 2.05) is 13.0 Å². The zero-order chi connectivity index (χ0) is 17.9. The van der Waals surface area contributed by atoms with Crippen molar-refractivity contribution in [1.29, 1.82) is 0 Å². The third-order valence-corrected chi connectivity index (χ3v) is 4.62. The summed E-state index contributed by atoms with van der Waals surface area (Å²) in [5.74, 6) is -0.247. The van der Waals surface area contributed by atoms with Gasteiger partial charge in [0.25, 0.3) is 0 Å². The number of allylic oxidation sites excluding steroid dienone is 3. The summed E-state index contributed by atoms with van der Waals surface area (Å²) in [6, 6.07) is 0. The molecule has 0 amide bonds. The topological polar surface area (TPSA) is 66.8 Å². The quantitative estimate of drug-likeness (QED) is 0.463. The molecule has 0 unspecified atom stereocenters. The van der Waals surface area contributed by atoms with Gasteiger partial charge in [0.05, 0.1) is 18.3 Å². The van der Waals surface area contributed by atoms with Gasteiger partial charge in [-0.15, -0.1) is 0 Å². The van der Waals surface area contributed by atoms with Gasteiger partial charge in [-0.3, -0.25) is 0 Å². The van der Waals surface area contributed by atoms with Gasteiger partial charge in [-0.25, -0.2) is 4.79 Å². The van der Waals surface area contributed by atoms with Crippen LogP contribution in [-0.4, -0.2) is 34.5 Å². The Labute approximate surface area is 144 Å². The van der Waals surface area contributed by atoms with E-state index in [0.29, 0.717) is 18.6 Å². The minimum atomic E-state index is -0.930. The smallest absolute Gasteiger partial charge is 0.334 e.